The molecular formula is C18H23ClN2. The second kappa shape index (κ2) is 7.48. The summed E-state index contributed by atoms with van der Waals surface area (Å²) in [5.74, 6) is 0. The predicted molar refractivity (Wildman–Crippen MR) is 92.0 cm³/mol. The molecule has 0 aromatic heterocycles. The molecule has 21 heavy (non-hydrogen) atoms. The molecule has 0 bridgehead atoms. The van der Waals surface area contributed by atoms with Crippen molar-refractivity contribution in [2.24, 2.45) is 5.73 Å². The molecule has 2 N–H and O–H groups in total. The fourth-order valence-corrected chi connectivity index (χ4v) is 2.66. The van der Waals surface area contributed by atoms with Crippen LogP contribution in [0.25, 0.3) is 0 Å². The van der Waals surface area contributed by atoms with Crippen molar-refractivity contribution in [3.8, 4) is 0 Å². The van der Waals surface area contributed by atoms with E-state index in [4.69, 9.17) is 17.3 Å². The highest BCUT2D eigenvalue weighted by Gasteiger charge is 2.15. The SMILES string of the molecule is CC(C)N(Cc1ccccc1)c1cc(Cl)ccc1CCN. The van der Waals surface area contributed by atoms with Crippen LogP contribution in [0, 0.1) is 0 Å². The van der Waals surface area contributed by atoms with Crippen molar-refractivity contribution in [2.45, 2.75) is 32.9 Å². The smallest absolute Gasteiger partial charge is 0.0432 e. The normalized spacial score (nSPS) is 10.9. The Morgan fingerprint density at radius 1 is 1.10 bits per heavy atom. The molecule has 0 fully saturated rings. The molecule has 0 aliphatic carbocycles. The van der Waals surface area contributed by atoms with Crippen molar-refractivity contribution in [3.63, 3.8) is 0 Å². The Balaban J connectivity index is 2.35. The van der Waals surface area contributed by atoms with Crippen molar-refractivity contribution in [2.75, 3.05) is 11.4 Å². The van der Waals surface area contributed by atoms with Crippen LogP contribution in [-0.2, 0) is 13.0 Å². The first-order valence-electron chi connectivity index (χ1n) is 7.41. The molecule has 0 aliphatic rings. The van der Waals surface area contributed by atoms with Gasteiger partial charge in [-0.05, 0) is 50.1 Å². The average Bonchev–Trinajstić information content (AvgIpc) is 2.48. The minimum Gasteiger partial charge on any atom is -0.365 e. The van der Waals surface area contributed by atoms with Crippen LogP contribution in [0.1, 0.15) is 25.0 Å². The number of nitrogens with two attached hydrogens (primary N) is 1. The summed E-state index contributed by atoms with van der Waals surface area (Å²) >= 11 is 6.21. The molecule has 0 heterocycles. The summed E-state index contributed by atoms with van der Waals surface area (Å²) in [5, 5.41) is 0.768. The van der Waals surface area contributed by atoms with Crippen LogP contribution in [0.2, 0.25) is 5.02 Å². The van der Waals surface area contributed by atoms with Gasteiger partial charge in [0.15, 0.2) is 0 Å². The van der Waals surface area contributed by atoms with Crippen LogP contribution in [0.4, 0.5) is 5.69 Å². The zero-order valence-electron chi connectivity index (χ0n) is 12.7. The van der Waals surface area contributed by atoms with E-state index in [1.807, 2.05) is 12.1 Å². The summed E-state index contributed by atoms with van der Waals surface area (Å²) in [7, 11) is 0. The number of hydrogen-bond donors (Lipinski definition) is 1. The molecule has 2 rings (SSSR count). The van der Waals surface area contributed by atoms with Crippen molar-refractivity contribution in [3.05, 3.63) is 64.7 Å². The first kappa shape index (κ1) is 15.9. The molecule has 0 saturated heterocycles. The van der Waals surface area contributed by atoms with Crippen LogP contribution in [0.3, 0.4) is 0 Å². The number of halogens is 1. The third-order valence-corrected chi connectivity index (χ3v) is 3.82. The lowest BCUT2D eigenvalue weighted by atomic mass is 10.1. The van der Waals surface area contributed by atoms with Gasteiger partial charge in [-0.1, -0.05) is 48.0 Å². The van der Waals surface area contributed by atoms with Gasteiger partial charge in [-0.15, -0.1) is 0 Å². The van der Waals surface area contributed by atoms with Gasteiger partial charge in [-0.25, -0.2) is 0 Å². The molecule has 3 heteroatoms. The van der Waals surface area contributed by atoms with Crippen LogP contribution < -0.4 is 10.6 Å². The van der Waals surface area contributed by atoms with Crippen LogP contribution in [-0.4, -0.2) is 12.6 Å². The van der Waals surface area contributed by atoms with Gasteiger partial charge >= 0.3 is 0 Å². The standard InChI is InChI=1S/C18H23ClN2/c1-14(2)21(13-15-6-4-3-5-7-15)18-12-17(19)9-8-16(18)10-11-20/h3-9,12,14H,10-11,13,20H2,1-2H3. The largest absolute Gasteiger partial charge is 0.365 e. The number of benzene rings is 2. The van der Waals surface area contributed by atoms with Gasteiger partial charge in [-0.3, -0.25) is 0 Å². The van der Waals surface area contributed by atoms with Gasteiger partial charge < -0.3 is 10.6 Å². The molecule has 0 atom stereocenters. The fourth-order valence-electron chi connectivity index (χ4n) is 2.50. The van der Waals surface area contributed by atoms with E-state index >= 15 is 0 Å². The van der Waals surface area contributed by atoms with E-state index < -0.39 is 0 Å². The highest BCUT2D eigenvalue weighted by atomic mass is 35.5. The minimum atomic E-state index is 0.389. The van der Waals surface area contributed by atoms with Gasteiger partial charge in [-0.2, -0.15) is 0 Å². The Bertz CT molecular complexity index is 567. The lowest BCUT2D eigenvalue weighted by molar-refractivity contribution is 0.678. The molecule has 0 unspecified atom stereocenters. The maximum absolute atomic E-state index is 6.21. The number of rotatable bonds is 6. The Kier molecular flexibility index (Phi) is 5.66. The van der Waals surface area contributed by atoms with Crippen molar-refractivity contribution in [1.29, 1.82) is 0 Å². The lowest BCUT2D eigenvalue weighted by Crippen LogP contribution is -2.31. The minimum absolute atomic E-state index is 0.389. The van der Waals surface area contributed by atoms with Gasteiger partial charge in [0.2, 0.25) is 0 Å². The zero-order chi connectivity index (χ0) is 15.2. The van der Waals surface area contributed by atoms with Crippen molar-refractivity contribution in [1.82, 2.24) is 0 Å². The van der Waals surface area contributed by atoms with E-state index in [9.17, 15) is 0 Å². The van der Waals surface area contributed by atoms with E-state index in [0.29, 0.717) is 12.6 Å². The Morgan fingerprint density at radius 3 is 2.43 bits per heavy atom. The molecule has 2 aromatic carbocycles. The number of nitrogens with zero attached hydrogens (tertiary/aromatic N) is 1. The highest BCUT2D eigenvalue weighted by Crippen LogP contribution is 2.28. The maximum Gasteiger partial charge on any atom is 0.0432 e. The molecule has 2 nitrogen and oxygen atoms in total. The van der Waals surface area contributed by atoms with Gasteiger partial charge in [0.25, 0.3) is 0 Å². The van der Waals surface area contributed by atoms with Crippen LogP contribution in [0.5, 0.6) is 0 Å². The lowest BCUT2D eigenvalue weighted by Gasteiger charge is -2.31. The van der Waals surface area contributed by atoms with Crippen LogP contribution in [0.15, 0.2) is 48.5 Å². The molecule has 0 amide bonds. The quantitative estimate of drug-likeness (QED) is 0.864. The highest BCUT2D eigenvalue weighted by molar-refractivity contribution is 6.30. The molecule has 0 saturated carbocycles. The van der Waals surface area contributed by atoms with E-state index in [1.165, 1.54) is 16.8 Å². The topological polar surface area (TPSA) is 29.3 Å². The van der Waals surface area contributed by atoms with Crippen molar-refractivity contribution < 1.29 is 0 Å². The van der Waals surface area contributed by atoms with Gasteiger partial charge in [0.1, 0.15) is 0 Å². The van der Waals surface area contributed by atoms with Crippen molar-refractivity contribution >= 4 is 17.3 Å². The molecule has 112 valence electrons. The Morgan fingerprint density at radius 2 is 1.81 bits per heavy atom. The van der Waals surface area contributed by atoms with E-state index in [2.05, 4.69) is 55.1 Å². The summed E-state index contributed by atoms with van der Waals surface area (Å²) in [6, 6.07) is 17.0. The van der Waals surface area contributed by atoms with E-state index in [1.54, 1.807) is 0 Å². The zero-order valence-corrected chi connectivity index (χ0v) is 13.5. The molecule has 0 spiro atoms. The Hall–Kier alpha value is -1.51. The summed E-state index contributed by atoms with van der Waals surface area (Å²) in [6.45, 7) is 5.93. The summed E-state index contributed by atoms with van der Waals surface area (Å²) in [5.41, 5.74) is 9.48. The monoisotopic (exact) mass is 302 g/mol. The fraction of sp³-hybridized carbons (Fsp3) is 0.333. The second-order valence-corrected chi connectivity index (χ2v) is 5.96. The molecular weight excluding hydrogens is 280 g/mol. The number of hydrogen-bond acceptors (Lipinski definition) is 2. The van der Waals surface area contributed by atoms with Gasteiger partial charge in [0, 0.05) is 23.3 Å². The Labute approximate surface area is 132 Å². The number of anilines is 1. The third kappa shape index (κ3) is 4.23. The second-order valence-electron chi connectivity index (χ2n) is 5.52. The van der Waals surface area contributed by atoms with Gasteiger partial charge in [0.05, 0.1) is 0 Å². The third-order valence-electron chi connectivity index (χ3n) is 3.59. The maximum atomic E-state index is 6.21. The van der Waals surface area contributed by atoms with E-state index in [0.717, 1.165) is 18.0 Å². The average molecular weight is 303 g/mol. The first-order chi connectivity index (χ1) is 10.1. The summed E-state index contributed by atoms with van der Waals surface area (Å²) in [4.78, 5) is 2.38. The molecule has 2 aromatic rings. The van der Waals surface area contributed by atoms with E-state index in [-0.39, 0.29) is 0 Å². The summed E-state index contributed by atoms with van der Waals surface area (Å²) < 4.78 is 0. The predicted octanol–water partition coefficient (Wildman–Crippen LogP) is 4.26. The summed E-state index contributed by atoms with van der Waals surface area (Å²) in [6.07, 6.45) is 0.866. The van der Waals surface area contributed by atoms with Crippen LogP contribution >= 0.6 is 11.6 Å². The first-order valence-corrected chi connectivity index (χ1v) is 7.78. The molecule has 0 aliphatic heterocycles. The molecule has 0 radical (unpaired) electrons.